The van der Waals surface area contributed by atoms with Gasteiger partial charge in [-0.05, 0) is 0 Å². The van der Waals surface area contributed by atoms with E-state index in [1.807, 2.05) is 0 Å². The van der Waals surface area contributed by atoms with Crippen LogP contribution in [-0.2, 0) is 19.1 Å². The number of aliphatic carboxylic acids is 2. The molecule has 0 aromatic heterocycles. The molecular weight excluding hydrogens is 406 g/mol. The van der Waals surface area contributed by atoms with Crippen molar-refractivity contribution in [1.29, 1.82) is 0 Å². The summed E-state index contributed by atoms with van der Waals surface area (Å²) in [6.45, 7) is 2.27. The fourth-order valence-corrected chi connectivity index (χ4v) is 3.16. The van der Waals surface area contributed by atoms with Gasteiger partial charge in [0.25, 0.3) is 0 Å². The summed E-state index contributed by atoms with van der Waals surface area (Å²) in [5.74, 6) is -4.37. The molecule has 4 heterocycles. The van der Waals surface area contributed by atoms with Crippen LogP contribution in [0.5, 0.6) is 0 Å². The zero-order valence-electron chi connectivity index (χ0n) is 14.1. The first-order valence-corrected chi connectivity index (χ1v) is 7.94. The number of carboxylic acids is 2. The smallest absolute Gasteiger partial charge is 0.415 e. The molecule has 0 saturated carbocycles. The van der Waals surface area contributed by atoms with Gasteiger partial charge in [0, 0.05) is 26.2 Å². The normalized spacial score (nSPS) is 28.8. The Kier molecular flexibility index (Phi) is 6.19. The molecule has 4 saturated heterocycles. The second-order valence-electron chi connectivity index (χ2n) is 6.97. The van der Waals surface area contributed by atoms with E-state index in [2.05, 4.69) is 20.1 Å². The Balaban J connectivity index is 0.000000158. The second-order valence-corrected chi connectivity index (χ2v) is 6.97. The van der Waals surface area contributed by atoms with Crippen molar-refractivity contribution in [3.05, 3.63) is 0 Å². The molecule has 28 heavy (non-hydrogen) atoms. The summed E-state index contributed by atoms with van der Waals surface area (Å²) < 4.78 is 81.4. The number of alkyl halides is 6. The van der Waals surface area contributed by atoms with Crippen LogP contribution in [0.4, 0.5) is 26.3 Å². The van der Waals surface area contributed by atoms with Crippen LogP contribution in [0.25, 0.3) is 0 Å². The maximum absolute atomic E-state index is 12.1. The summed E-state index contributed by atoms with van der Waals surface area (Å²) in [5, 5.41) is 23.5. The third kappa shape index (κ3) is 4.50. The van der Waals surface area contributed by atoms with Gasteiger partial charge in [0.15, 0.2) is 12.2 Å². The van der Waals surface area contributed by atoms with E-state index < -0.39 is 47.3 Å². The van der Waals surface area contributed by atoms with E-state index in [1.54, 1.807) is 0 Å². The molecule has 0 aliphatic carbocycles. The van der Waals surface area contributed by atoms with E-state index in [-0.39, 0.29) is 13.2 Å². The molecule has 2 spiro atoms. The van der Waals surface area contributed by atoms with E-state index in [0.29, 0.717) is 26.2 Å². The van der Waals surface area contributed by atoms with Gasteiger partial charge < -0.3 is 39.9 Å². The van der Waals surface area contributed by atoms with E-state index >= 15 is 0 Å². The molecule has 4 fully saturated rings. The summed E-state index contributed by atoms with van der Waals surface area (Å²) in [7, 11) is 0. The Morgan fingerprint density at radius 1 is 0.750 bits per heavy atom. The Morgan fingerprint density at radius 3 is 1.07 bits per heavy atom. The lowest BCUT2D eigenvalue weighted by atomic mass is 9.72. The molecule has 2 atom stereocenters. The van der Waals surface area contributed by atoms with Crippen molar-refractivity contribution in [1.82, 2.24) is 10.6 Å². The lowest BCUT2D eigenvalue weighted by Gasteiger charge is -2.55. The molecule has 4 aliphatic heterocycles. The standard InChI is InChI=1S/2C6H8F3NO.C2H2O4/c2*7-6(8,9)4-5(3-11-4)1-10-2-5;3-1(4)2(5)6/h2*4,10H,1-3H2;(H,3,4)(H,5,6)/p-2. The number of carboxylic acid groups (broad SMARTS) is 2. The lowest BCUT2D eigenvalue weighted by Crippen LogP contribution is -2.73. The van der Waals surface area contributed by atoms with Gasteiger partial charge in [-0.1, -0.05) is 0 Å². The van der Waals surface area contributed by atoms with Gasteiger partial charge in [0.2, 0.25) is 0 Å². The van der Waals surface area contributed by atoms with Crippen LogP contribution in [0.1, 0.15) is 0 Å². The molecule has 0 amide bonds. The van der Waals surface area contributed by atoms with Gasteiger partial charge in [0.1, 0.15) is 0 Å². The summed E-state index contributed by atoms with van der Waals surface area (Å²) in [6.07, 6.45) is -11.4. The maximum atomic E-state index is 12.1. The Morgan fingerprint density at radius 2 is 1.04 bits per heavy atom. The van der Waals surface area contributed by atoms with Crippen molar-refractivity contribution in [2.24, 2.45) is 10.8 Å². The highest BCUT2D eigenvalue weighted by Gasteiger charge is 2.64. The fraction of sp³-hybridized carbons (Fsp3) is 0.857. The minimum absolute atomic E-state index is 0.254. The first kappa shape index (κ1) is 22.6. The van der Waals surface area contributed by atoms with Crippen molar-refractivity contribution in [3.8, 4) is 0 Å². The highest BCUT2D eigenvalue weighted by atomic mass is 19.4. The van der Waals surface area contributed by atoms with Crippen molar-refractivity contribution < 1.29 is 55.6 Å². The molecular formula is C14H16F6N2O6-2. The van der Waals surface area contributed by atoms with Gasteiger partial charge >= 0.3 is 12.4 Å². The quantitative estimate of drug-likeness (QED) is 0.326. The average Bonchev–Trinajstić information content (AvgIpc) is 2.28. The number of halogens is 6. The van der Waals surface area contributed by atoms with E-state index in [4.69, 9.17) is 19.8 Å². The van der Waals surface area contributed by atoms with E-state index in [0.717, 1.165) is 0 Å². The zero-order valence-corrected chi connectivity index (χ0v) is 14.1. The van der Waals surface area contributed by atoms with Crippen molar-refractivity contribution in [3.63, 3.8) is 0 Å². The number of carbonyl (C=O) groups is 2. The van der Waals surface area contributed by atoms with Crippen LogP contribution in [0.2, 0.25) is 0 Å². The summed E-state index contributed by atoms with van der Waals surface area (Å²) in [4.78, 5) is 17.9. The van der Waals surface area contributed by atoms with Crippen LogP contribution in [0.3, 0.4) is 0 Å². The topological polar surface area (TPSA) is 123 Å². The third-order valence-electron chi connectivity index (χ3n) is 4.86. The Labute approximate surface area is 154 Å². The van der Waals surface area contributed by atoms with Crippen molar-refractivity contribution in [2.45, 2.75) is 24.6 Å². The predicted molar refractivity (Wildman–Crippen MR) is 72.2 cm³/mol. The minimum Gasteiger partial charge on any atom is -0.543 e. The Bertz CT molecular complexity index is 539. The molecule has 0 radical (unpaired) electrons. The predicted octanol–water partition coefficient (Wildman–Crippen LogP) is -2.44. The first-order valence-electron chi connectivity index (χ1n) is 7.94. The average molecular weight is 422 g/mol. The van der Waals surface area contributed by atoms with Gasteiger partial charge in [-0.15, -0.1) is 0 Å². The van der Waals surface area contributed by atoms with E-state index in [1.165, 1.54) is 0 Å². The SMILES string of the molecule is FC(F)(F)C1OCC12CNC2.FC(F)(F)C1OCC12CNC2.O=C([O-])C(=O)[O-]. The molecule has 162 valence electrons. The second kappa shape index (κ2) is 7.65. The van der Waals surface area contributed by atoms with Crippen LogP contribution in [0.15, 0.2) is 0 Å². The largest absolute Gasteiger partial charge is 0.543 e. The number of hydrogen-bond donors (Lipinski definition) is 2. The summed E-state index contributed by atoms with van der Waals surface area (Å²) in [5.41, 5.74) is -1.23. The fourth-order valence-electron chi connectivity index (χ4n) is 3.16. The first-order chi connectivity index (χ1) is 12.7. The molecule has 2 unspecified atom stereocenters. The van der Waals surface area contributed by atoms with Crippen LogP contribution >= 0.6 is 0 Å². The Hall–Kier alpha value is -1.64. The monoisotopic (exact) mass is 422 g/mol. The highest BCUT2D eigenvalue weighted by molar-refractivity contribution is 6.25. The van der Waals surface area contributed by atoms with Crippen molar-refractivity contribution >= 4 is 11.9 Å². The molecule has 0 aromatic rings. The molecule has 14 heteroatoms. The molecule has 0 bridgehead atoms. The molecule has 4 rings (SSSR count). The number of ether oxygens (including phenoxy) is 2. The van der Waals surface area contributed by atoms with Crippen molar-refractivity contribution in [2.75, 3.05) is 39.4 Å². The number of hydrogen-bond acceptors (Lipinski definition) is 8. The van der Waals surface area contributed by atoms with Gasteiger partial charge in [-0.2, -0.15) is 26.3 Å². The van der Waals surface area contributed by atoms with Gasteiger partial charge in [-0.3, -0.25) is 0 Å². The molecule has 0 aromatic carbocycles. The highest BCUT2D eigenvalue weighted by Crippen LogP contribution is 2.47. The minimum atomic E-state index is -4.18. The van der Waals surface area contributed by atoms with Crippen LogP contribution < -0.4 is 20.8 Å². The number of nitrogens with one attached hydrogen (secondary N) is 2. The van der Waals surface area contributed by atoms with Gasteiger partial charge in [0.05, 0.1) is 36.0 Å². The van der Waals surface area contributed by atoms with Crippen LogP contribution in [0, 0.1) is 10.8 Å². The van der Waals surface area contributed by atoms with E-state index in [9.17, 15) is 26.3 Å². The van der Waals surface area contributed by atoms with Gasteiger partial charge in [-0.25, -0.2) is 0 Å². The van der Waals surface area contributed by atoms with Crippen LogP contribution in [-0.4, -0.2) is 75.9 Å². The maximum Gasteiger partial charge on any atom is 0.415 e. The lowest BCUT2D eigenvalue weighted by molar-refractivity contribution is -0.345. The summed E-state index contributed by atoms with van der Waals surface area (Å²) >= 11 is 0. The summed E-state index contributed by atoms with van der Waals surface area (Å²) in [6, 6.07) is 0. The third-order valence-corrected chi connectivity index (χ3v) is 4.86. The number of rotatable bonds is 0. The molecule has 2 N–H and O–H groups in total. The molecule has 4 aliphatic rings. The zero-order chi connectivity index (χ0) is 21.4. The molecule has 8 nitrogen and oxygen atoms in total. The number of carbonyl (C=O) groups excluding carboxylic acids is 2.